The minimum absolute atomic E-state index is 0.209. The fraction of sp³-hybridized carbons (Fsp3) is 0.545. The van der Waals surface area contributed by atoms with Crippen molar-refractivity contribution in [1.29, 1.82) is 0 Å². The zero-order chi connectivity index (χ0) is 13.1. The Bertz CT molecular complexity index is 450. The van der Waals surface area contributed by atoms with E-state index in [9.17, 15) is 4.79 Å². The molecule has 1 fully saturated rings. The van der Waals surface area contributed by atoms with E-state index >= 15 is 0 Å². The first-order valence-electron chi connectivity index (χ1n) is 5.85. The van der Waals surface area contributed by atoms with Gasteiger partial charge in [-0.3, -0.25) is 14.8 Å². The van der Waals surface area contributed by atoms with E-state index in [2.05, 4.69) is 22.4 Å². The molecule has 1 N–H and O–H groups in total. The number of hydrogen-bond acceptors (Lipinski definition) is 4. The van der Waals surface area contributed by atoms with Crippen molar-refractivity contribution < 1.29 is 4.79 Å². The molecule has 1 aliphatic heterocycles. The largest absolute Gasteiger partial charge is 0.346 e. The molecular weight excluding hydrogens is 250 g/mol. The minimum atomic E-state index is -0.209. The quantitative estimate of drug-likeness (QED) is 0.707. The Hall–Kier alpha value is -1.47. The molecule has 0 spiro atoms. The topological polar surface area (TPSA) is 53.4 Å². The highest BCUT2D eigenvalue weighted by Gasteiger charge is 2.19. The number of aryl methyl sites for hydroxylation is 1. The van der Waals surface area contributed by atoms with E-state index < -0.39 is 0 Å². The summed E-state index contributed by atoms with van der Waals surface area (Å²) < 4.78 is 1.53. The molecule has 1 aromatic heterocycles. The number of hydrogen-bond donors (Lipinski definition) is 1. The summed E-state index contributed by atoms with van der Waals surface area (Å²) in [6, 6.07) is 1.67. The second kappa shape index (κ2) is 5.45. The summed E-state index contributed by atoms with van der Waals surface area (Å²) in [6.45, 7) is 3.62. The van der Waals surface area contributed by atoms with E-state index in [1.807, 2.05) is 4.90 Å². The Kier molecular flexibility index (Phi) is 3.93. The molecule has 1 aliphatic rings. The molecule has 0 saturated carbocycles. The van der Waals surface area contributed by atoms with Crippen molar-refractivity contribution in [1.82, 2.24) is 24.9 Å². The van der Waals surface area contributed by atoms with Crippen LogP contribution in [0.3, 0.4) is 0 Å². The number of aromatic nitrogens is 2. The van der Waals surface area contributed by atoms with Gasteiger partial charge in [0, 0.05) is 39.4 Å². The van der Waals surface area contributed by atoms with E-state index in [0.717, 1.165) is 26.2 Å². The van der Waals surface area contributed by atoms with Gasteiger partial charge in [-0.1, -0.05) is 0 Å². The van der Waals surface area contributed by atoms with Gasteiger partial charge in [-0.2, -0.15) is 5.10 Å². The molecule has 0 radical (unpaired) electrons. The van der Waals surface area contributed by atoms with Crippen LogP contribution < -0.4 is 5.32 Å². The number of thiocarbonyl (C=S) groups is 1. The molecule has 0 bridgehead atoms. The number of likely N-dealkylation sites (N-methyl/N-ethyl adjacent to an activating group) is 1. The molecule has 18 heavy (non-hydrogen) atoms. The summed E-state index contributed by atoms with van der Waals surface area (Å²) in [5, 5.41) is 7.20. The normalized spacial score (nSPS) is 16.7. The summed E-state index contributed by atoms with van der Waals surface area (Å²) in [4.78, 5) is 16.2. The van der Waals surface area contributed by atoms with Gasteiger partial charge < -0.3 is 9.80 Å². The average Bonchev–Trinajstić information content (AvgIpc) is 2.76. The van der Waals surface area contributed by atoms with Crippen molar-refractivity contribution in [3.8, 4) is 0 Å². The summed E-state index contributed by atoms with van der Waals surface area (Å²) in [6.07, 6.45) is 1.59. The van der Waals surface area contributed by atoms with Crippen LogP contribution in [0.15, 0.2) is 12.3 Å². The van der Waals surface area contributed by atoms with Crippen LogP contribution in [-0.2, 0) is 7.05 Å². The summed E-state index contributed by atoms with van der Waals surface area (Å²) in [5.74, 6) is -0.209. The third-order valence-electron chi connectivity index (χ3n) is 3.06. The summed E-state index contributed by atoms with van der Waals surface area (Å²) in [7, 11) is 3.81. The van der Waals surface area contributed by atoms with Crippen LogP contribution in [0.25, 0.3) is 0 Å². The number of rotatable bonds is 1. The number of amides is 1. The van der Waals surface area contributed by atoms with E-state index in [-0.39, 0.29) is 5.91 Å². The van der Waals surface area contributed by atoms with Crippen LogP contribution in [0.4, 0.5) is 0 Å². The van der Waals surface area contributed by atoms with Crippen molar-refractivity contribution in [2.24, 2.45) is 7.05 Å². The first-order chi connectivity index (χ1) is 8.58. The maximum absolute atomic E-state index is 11.9. The van der Waals surface area contributed by atoms with Crippen LogP contribution in [-0.4, -0.2) is 63.8 Å². The van der Waals surface area contributed by atoms with Gasteiger partial charge in [-0.25, -0.2) is 0 Å². The van der Waals surface area contributed by atoms with Crippen molar-refractivity contribution in [3.63, 3.8) is 0 Å². The molecular formula is C11H17N5OS. The second-order valence-corrected chi connectivity index (χ2v) is 4.78. The molecule has 7 heteroatoms. The summed E-state index contributed by atoms with van der Waals surface area (Å²) >= 11 is 5.25. The third-order valence-corrected chi connectivity index (χ3v) is 3.42. The fourth-order valence-electron chi connectivity index (χ4n) is 1.85. The van der Waals surface area contributed by atoms with Crippen molar-refractivity contribution in [2.75, 3.05) is 33.2 Å². The molecule has 2 heterocycles. The number of nitrogens with one attached hydrogen (secondary N) is 1. The Morgan fingerprint density at radius 3 is 2.56 bits per heavy atom. The first kappa shape index (κ1) is 13.0. The van der Waals surface area contributed by atoms with Crippen molar-refractivity contribution >= 4 is 23.2 Å². The molecule has 6 nitrogen and oxygen atoms in total. The Morgan fingerprint density at radius 1 is 1.33 bits per heavy atom. The lowest BCUT2D eigenvalue weighted by atomic mass is 10.3. The molecule has 1 amide bonds. The number of carbonyl (C=O) groups is 1. The highest BCUT2D eigenvalue weighted by atomic mass is 32.1. The highest BCUT2D eigenvalue weighted by Crippen LogP contribution is 2.01. The lowest BCUT2D eigenvalue weighted by Crippen LogP contribution is -2.51. The molecule has 0 unspecified atom stereocenters. The number of piperazine rings is 1. The predicted molar refractivity (Wildman–Crippen MR) is 72.3 cm³/mol. The molecule has 98 valence electrons. The predicted octanol–water partition coefficient (Wildman–Crippen LogP) is -0.318. The lowest BCUT2D eigenvalue weighted by molar-refractivity contribution is 0.0961. The Balaban J connectivity index is 1.92. The van der Waals surface area contributed by atoms with Crippen LogP contribution >= 0.6 is 12.2 Å². The second-order valence-electron chi connectivity index (χ2n) is 4.39. The molecule has 0 aliphatic carbocycles. The molecule has 1 aromatic rings. The zero-order valence-corrected chi connectivity index (χ0v) is 11.4. The van der Waals surface area contributed by atoms with E-state index in [1.54, 1.807) is 19.3 Å². The minimum Gasteiger partial charge on any atom is -0.346 e. The smallest absolute Gasteiger partial charge is 0.275 e. The summed E-state index contributed by atoms with van der Waals surface area (Å²) in [5.41, 5.74) is 0.506. The SMILES string of the molecule is CN1CCN(C(=S)NC(=O)c2ccnn2C)CC1. The monoisotopic (exact) mass is 267 g/mol. The van der Waals surface area contributed by atoms with Crippen molar-refractivity contribution in [2.45, 2.75) is 0 Å². The van der Waals surface area contributed by atoms with Crippen LogP contribution in [0, 0.1) is 0 Å². The van der Waals surface area contributed by atoms with Gasteiger partial charge in [0.1, 0.15) is 5.69 Å². The van der Waals surface area contributed by atoms with E-state index in [4.69, 9.17) is 12.2 Å². The first-order valence-corrected chi connectivity index (χ1v) is 6.25. The van der Waals surface area contributed by atoms with Gasteiger partial charge in [0.2, 0.25) is 0 Å². The van der Waals surface area contributed by atoms with Crippen LogP contribution in [0.2, 0.25) is 0 Å². The van der Waals surface area contributed by atoms with Gasteiger partial charge in [0.25, 0.3) is 5.91 Å². The lowest BCUT2D eigenvalue weighted by Gasteiger charge is -2.33. The zero-order valence-electron chi connectivity index (χ0n) is 10.6. The van der Waals surface area contributed by atoms with Crippen LogP contribution in [0.5, 0.6) is 0 Å². The average molecular weight is 267 g/mol. The number of carbonyl (C=O) groups excluding carboxylic acids is 1. The van der Waals surface area contributed by atoms with Gasteiger partial charge in [-0.15, -0.1) is 0 Å². The van der Waals surface area contributed by atoms with Gasteiger partial charge >= 0.3 is 0 Å². The third kappa shape index (κ3) is 2.85. The van der Waals surface area contributed by atoms with E-state index in [0.29, 0.717) is 10.8 Å². The number of nitrogens with zero attached hydrogens (tertiary/aromatic N) is 4. The Labute approximate surface area is 112 Å². The maximum Gasteiger partial charge on any atom is 0.275 e. The Morgan fingerprint density at radius 2 is 2.00 bits per heavy atom. The van der Waals surface area contributed by atoms with Gasteiger partial charge in [0.15, 0.2) is 5.11 Å². The molecule has 0 aromatic carbocycles. The molecule has 2 rings (SSSR count). The molecule has 1 saturated heterocycles. The van der Waals surface area contributed by atoms with Crippen molar-refractivity contribution in [3.05, 3.63) is 18.0 Å². The molecule has 0 atom stereocenters. The fourth-order valence-corrected chi connectivity index (χ4v) is 2.12. The maximum atomic E-state index is 11.9. The van der Waals surface area contributed by atoms with Gasteiger partial charge in [-0.05, 0) is 25.3 Å². The highest BCUT2D eigenvalue weighted by molar-refractivity contribution is 7.80. The van der Waals surface area contributed by atoms with Gasteiger partial charge in [0.05, 0.1) is 0 Å². The standard InChI is InChI=1S/C11H17N5OS/c1-14-5-7-16(8-6-14)11(18)13-10(17)9-3-4-12-15(9)2/h3-4H,5-8H2,1-2H3,(H,13,17,18). The van der Waals surface area contributed by atoms with E-state index in [1.165, 1.54) is 4.68 Å². The van der Waals surface area contributed by atoms with Crippen LogP contribution in [0.1, 0.15) is 10.5 Å².